The van der Waals surface area contributed by atoms with Crippen molar-refractivity contribution in [3.8, 4) is 0 Å². The Labute approximate surface area is 119 Å². The van der Waals surface area contributed by atoms with Crippen LogP contribution in [0, 0.1) is 0 Å². The van der Waals surface area contributed by atoms with Crippen LogP contribution in [0.25, 0.3) is 11.3 Å². The zero-order valence-electron chi connectivity index (χ0n) is 11.7. The Morgan fingerprint density at radius 3 is 2.68 bits per heavy atom. The molecule has 0 bridgehead atoms. The van der Waals surface area contributed by atoms with Gasteiger partial charge in [-0.15, -0.1) is 0 Å². The number of allylic oxidation sites excluding steroid dienone is 2. The molecule has 1 heterocycles. The Kier molecular flexibility index (Phi) is 6.06. The SMILES string of the molecule is C/C=C(\c1cc(Cl)ncc1/C(O)=C/CC)C(N)CC. The molecule has 0 aliphatic carbocycles. The van der Waals surface area contributed by atoms with Gasteiger partial charge in [-0.05, 0) is 43.0 Å². The van der Waals surface area contributed by atoms with Crippen LogP contribution in [0.2, 0.25) is 5.15 Å². The van der Waals surface area contributed by atoms with Crippen molar-refractivity contribution in [2.45, 2.75) is 39.7 Å². The van der Waals surface area contributed by atoms with E-state index in [1.807, 2.05) is 26.8 Å². The van der Waals surface area contributed by atoms with Crippen LogP contribution in [0.5, 0.6) is 0 Å². The average molecular weight is 281 g/mol. The molecule has 19 heavy (non-hydrogen) atoms. The third-order valence-electron chi connectivity index (χ3n) is 3.01. The van der Waals surface area contributed by atoms with Crippen LogP contribution < -0.4 is 5.73 Å². The molecule has 0 spiro atoms. The second-order valence-corrected chi connectivity index (χ2v) is 4.70. The molecule has 0 fully saturated rings. The zero-order chi connectivity index (χ0) is 14.4. The molecule has 4 heteroatoms. The number of pyridine rings is 1. The minimum absolute atomic E-state index is 0.0864. The molecule has 3 N–H and O–H groups in total. The molecule has 0 aliphatic heterocycles. The smallest absolute Gasteiger partial charge is 0.129 e. The van der Waals surface area contributed by atoms with Crippen molar-refractivity contribution in [2.24, 2.45) is 5.73 Å². The van der Waals surface area contributed by atoms with Crippen LogP contribution in [-0.2, 0) is 0 Å². The first kappa shape index (κ1) is 15.7. The van der Waals surface area contributed by atoms with E-state index >= 15 is 0 Å². The summed E-state index contributed by atoms with van der Waals surface area (Å²) < 4.78 is 0. The van der Waals surface area contributed by atoms with E-state index in [0.29, 0.717) is 10.7 Å². The van der Waals surface area contributed by atoms with Gasteiger partial charge in [0.25, 0.3) is 0 Å². The van der Waals surface area contributed by atoms with Gasteiger partial charge in [0.2, 0.25) is 0 Å². The van der Waals surface area contributed by atoms with Crippen LogP contribution in [0.3, 0.4) is 0 Å². The van der Waals surface area contributed by atoms with Crippen molar-refractivity contribution in [1.82, 2.24) is 4.98 Å². The van der Waals surface area contributed by atoms with Gasteiger partial charge in [0, 0.05) is 17.8 Å². The van der Waals surface area contributed by atoms with E-state index < -0.39 is 0 Å². The van der Waals surface area contributed by atoms with Gasteiger partial charge >= 0.3 is 0 Å². The normalized spacial score (nSPS) is 14.6. The zero-order valence-corrected chi connectivity index (χ0v) is 12.4. The first-order chi connectivity index (χ1) is 9.04. The van der Waals surface area contributed by atoms with Gasteiger partial charge in [0.05, 0.1) is 0 Å². The fraction of sp³-hybridized carbons (Fsp3) is 0.400. The van der Waals surface area contributed by atoms with Crippen LogP contribution in [0.1, 0.15) is 44.7 Å². The Morgan fingerprint density at radius 2 is 2.16 bits per heavy atom. The van der Waals surface area contributed by atoms with Crippen molar-refractivity contribution in [2.75, 3.05) is 0 Å². The molecule has 0 amide bonds. The summed E-state index contributed by atoms with van der Waals surface area (Å²) >= 11 is 5.97. The van der Waals surface area contributed by atoms with E-state index in [0.717, 1.165) is 24.0 Å². The van der Waals surface area contributed by atoms with E-state index in [1.165, 1.54) is 0 Å². The molecule has 1 atom stereocenters. The molecule has 1 aromatic heterocycles. The van der Waals surface area contributed by atoms with E-state index in [4.69, 9.17) is 17.3 Å². The van der Waals surface area contributed by atoms with Crippen LogP contribution in [-0.4, -0.2) is 16.1 Å². The number of aromatic nitrogens is 1. The number of nitrogens with two attached hydrogens (primary N) is 1. The first-order valence-corrected chi connectivity index (χ1v) is 6.90. The molecule has 0 saturated heterocycles. The summed E-state index contributed by atoms with van der Waals surface area (Å²) in [5.74, 6) is 0.212. The molecule has 104 valence electrons. The average Bonchev–Trinajstić information content (AvgIpc) is 2.39. The minimum Gasteiger partial charge on any atom is -0.508 e. The van der Waals surface area contributed by atoms with E-state index in [-0.39, 0.29) is 11.8 Å². The molecule has 0 aromatic carbocycles. The quantitative estimate of drug-likeness (QED) is 0.628. The number of aliphatic hydroxyl groups is 1. The summed E-state index contributed by atoms with van der Waals surface area (Å²) in [5, 5.41) is 10.5. The number of aliphatic hydroxyl groups excluding tert-OH is 1. The maximum atomic E-state index is 10.1. The Morgan fingerprint density at radius 1 is 1.47 bits per heavy atom. The number of nitrogens with zero attached hydrogens (tertiary/aromatic N) is 1. The number of halogens is 1. The molecule has 1 aromatic rings. The van der Waals surface area contributed by atoms with Gasteiger partial charge in [-0.3, -0.25) is 0 Å². The third-order valence-corrected chi connectivity index (χ3v) is 3.21. The highest BCUT2D eigenvalue weighted by Crippen LogP contribution is 2.28. The predicted octanol–water partition coefficient (Wildman–Crippen LogP) is 4.18. The maximum absolute atomic E-state index is 10.1. The van der Waals surface area contributed by atoms with Crippen molar-refractivity contribution >= 4 is 22.9 Å². The molecular weight excluding hydrogens is 260 g/mol. The number of rotatable bonds is 5. The molecule has 1 rings (SSSR count). The lowest BCUT2D eigenvalue weighted by Gasteiger charge is -2.17. The lowest BCUT2D eigenvalue weighted by Crippen LogP contribution is -2.21. The fourth-order valence-corrected chi connectivity index (χ4v) is 2.12. The summed E-state index contributed by atoms with van der Waals surface area (Å²) in [7, 11) is 0. The van der Waals surface area contributed by atoms with E-state index in [2.05, 4.69) is 4.98 Å². The van der Waals surface area contributed by atoms with Gasteiger partial charge in [0.15, 0.2) is 0 Å². The van der Waals surface area contributed by atoms with Gasteiger partial charge in [-0.25, -0.2) is 4.98 Å². The number of hydrogen-bond acceptors (Lipinski definition) is 3. The Balaban J connectivity index is 3.39. The monoisotopic (exact) mass is 280 g/mol. The maximum Gasteiger partial charge on any atom is 0.129 e. The largest absolute Gasteiger partial charge is 0.508 e. The molecular formula is C15H21ClN2O. The highest BCUT2D eigenvalue weighted by Gasteiger charge is 2.16. The van der Waals surface area contributed by atoms with Crippen LogP contribution in [0.4, 0.5) is 0 Å². The second-order valence-electron chi connectivity index (χ2n) is 4.31. The lowest BCUT2D eigenvalue weighted by molar-refractivity contribution is 0.509. The summed E-state index contributed by atoms with van der Waals surface area (Å²) in [6, 6.07) is 1.67. The van der Waals surface area contributed by atoms with Gasteiger partial charge in [0.1, 0.15) is 10.9 Å². The topological polar surface area (TPSA) is 59.1 Å². The molecule has 0 radical (unpaired) electrons. The fourth-order valence-electron chi connectivity index (χ4n) is 1.97. The van der Waals surface area contributed by atoms with Crippen LogP contribution >= 0.6 is 11.6 Å². The van der Waals surface area contributed by atoms with E-state index in [1.54, 1.807) is 18.3 Å². The first-order valence-electron chi connectivity index (χ1n) is 6.52. The molecule has 3 nitrogen and oxygen atoms in total. The summed E-state index contributed by atoms with van der Waals surface area (Å²) in [5.41, 5.74) is 8.61. The van der Waals surface area contributed by atoms with Crippen molar-refractivity contribution in [3.63, 3.8) is 0 Å². The van der Waals surface area contributed by atoms with Gasteiger partial charge < -0.3 is 10.8 Å². The van der Waals surface area contributed by atoms with Gasteiger partial charge in [-0.2, -0.15) is 0 Å². The Bertz CT molecular complexity index is 495. The second kappa shape index (κ2) is 7.31. The van der Waals surface area contributed by atoms with Gasteiger partial charge in [-0.1, -0.05) is 31.5 Å². The highest BCUT2D eigenvalue weighted by atomic mass is 35.5. The predicted molar refractivity (Wildman–Crippen MR) is 82.1 cm³/mol. The standard InChI is InChI=1S/C15H21ClN2O/c1-4-7-14(19)12-9-18-15(16)8-11(12)10(5-2)13(17)6-3/h5,7-9,13,19H,4,6,17H2,1-3H3/b10-5+,14-7-. The summed E-state index contributed by atoms with van der Waals surface area (Å²) in [6.45, 7) is 5.93. The Hall–Kier alpha value is -1.32. The molecule has 0 saturated carbocycles. The number of hydrogen-bond donors (Lipinski definition) is 2. The van der Waals surface area contributed by atoms with Crippen molar-refractivity contribution in [1.29, 1.82) is 0 Å². The minimum atomic E-state index is -0.0864. The van der Waals surface area contributed by atoms with Crippen molar-refractivity contribution in [3.05, 3.63) is 40.7 Å². The van der Waals surface area contributed by atoms with E-state index in [9.17, 15) is 5.11 Å². The molecule has 0 aliphatic rings. The summed E-state index contributed by atoms with van der Waals surface area (Å²) in [6.07, 6.45) is 6.86. The third kappa shape index (κ3) is 3.82. The summed E-state index contributed by atoms with van der Waals surface area (Å²) in [4.78, 5) is 4.04. The van der Waals surface area contributed by atoms with Crippen LogP contribution in [0.15, 0.2) is 24.4 Å². The highest BCUT2D eigenvalue weighted by molar-refractivity contribution is 6.29. The van der Waals surface area contributed by atoms with Crippen molar-refractivity contribution < 1.29 is 5.11 Å². The molecule has 1 unspecified atom stereocenters. The lowest BCUT2D eigenvalue weighted by atomic mass is 9.93.